The zero-order valence-corrected chi connectivity index (χ0v) is 26.7. The first-order chi connectivity index (χ1) is 22.8. The fraction of sp³-hybridized carbons (Fsp3) is 0.231. The number of nitrogens with zero attached hydrogens (tertiary/aromatic N) is 4. The van der Waals surface area contributed by atoms with E-state index in [2.05, 4.69) is 26.1 Å². The van der Waals surface area contributed by atoms with Crippen LogP contribution in [0.3, 0.4) is 0 Å². The molecular weight excluding hydrogens is 696 g/mol. The van der Waals surface area contributed by atoms with E-state index in [0.29, 0.717) is 12.3 Å². The molecule has 49 heavy (non-hydrogen) atoms. The van der Waals surface area contributed by atoms with Gasteiger partial charge in [0.1, 0.15) is 17.4 Å². The molecule has 3 heterocycles. The Hall–Kier alpha value is -6.07. The highest BCUT2D eigenvalue weighted by molar-refractivity contribution is 7.84. The summed E-state index contributed by atoms with van der Waals surface area (Å²) in [6, 6.07) is 2.51. The number of hydrogen-bond donors (Lipinski definition) is 8. The van der Waals surface area contributed by atoms with E-state index in [-0.39, 0.29) is 31.1 Å². The van der Waals surface area contributed by atoms with Gasteiger partial charge in [-0.1, -0.05) is 5.16 Å². The number of carboxylic acids is 1. The van der Waals surface area contributed by atoms with Gasteiger partial charge in [-0.2, -0.15) is 13.1 Å². The number of thiazole rings is 1. The van der Waals surface area contributed by atoms with Crippen molar-refractivity contribution in [3.8, 4) is 5.75 Å². The van der Waals surface area contributed by atoms with Crippen LogP contribution in [-0.4, -0.2) is 102 Å². The standard InChI is InChI=1S/C26H26N8O13S2/c1-26(2,24(41)42)47-32-18(13-10-48-25(27)30-13)22(39)31-19-15(34(23(19)40)49(44,45)46)8-28-20(37)11-3-5-12(6-4-11)29-21(38)14-7-16(35)17(36)9-33(14)43/h3-7,9-10,15,19,36,43H,8H2,1-2H3,(H2,27,30)(H,28,37)(H,29,38)(H,31,39)(H,41,42)(H,44,45,46)/t15-,19+/m1/s1. The number of amides is 4. The van der Waals surface area contributed by atoms with E-state index in [1.165, 1.54) is 29.6 Å². The number of nitrogen functional groups attached to an aromatic ring is 1. The second-order valence-electron chi connectivity index (χ2n) is 10.5. The quantitative estimate of drug-likeness (QED) is 0.0350. The summed E-state index contributed by atoms with van der Waals surface area (Å²) in [6.45, 7) is 1.65. The second-order valence-corrected chi connectivity index (χ2v) is 12.7. The number of β-lactam (4-membered cyclic amide) rings is 1. The van der Waals surface area contributed by atoms with Crippen molar-refractivity contribution in [2.45, 2.75) is 31.5 Å². The molecule has 2 aromatic heterocycles. The molecule has 21 nitrogen and oxygen atoms in total. The van der Waals surface area contributed by atoms with Crippen LogP contribution < -0.4 is 27.1 Å². The second kappa shape index (κ2) is 13.6. The van der Waals surface area contributed by atoms with Crippen LogP contribution in [-0.2, 0) is 29.5 Å². The van der Waals surface area contributed by atoms with Crippen molar-refractivity contribution in [2.75, 3.05) is 17.6 Å². The zero-order chi connectivity index (χ0) is 36.4. The summed E-state index contributed by atoms with van der Waals surface area (Å²) in [6.07, 6.45) is 0.626. The Morgan fingerprint density at radius 1 is 1.14 bits per heavy atom. The van der Waals surface area contributed by atoms with Crippen molar-refractivity contribution in [1.82, 2.24) is 24.7 Å². The average molecular weight is 723 g/mol. The van der Waals surface area contributed by atoms with Crippen molar-refractivity contribution in [3.63, 3.8) is 0 Å². The van der Waals surface area contributed by atoms with Crippen molar-refractivity contribution in [2.24, 2.45) is 5.16 Å². The number of aliphatic carboxylic acids is 1. The molecule has 0 spiro atoms. The molecule has 23 heteroatoms. The molecule has 260 valence electrons. The van der Waals surface area contributed by atoms with Crippen molar-refractivity contribution < 1.29 is 57.2 Å². The third-order valence-corrected chi connectivity index (χ3v) is 8.31. The number of nitrogens with one attached hydrogen (secondary N) is 3. The number of anilines is 2. The molecule has 0 bridgehead atoms. The van der Waals surface area contributed by atoms with Crippen LogP contribution in [0, 0.1) is 0 Å². The Kier molecular flexibility index (Phi) is 9.91. The van der Waals surface area contributed by atoms with Gasteiger partial charge in [0, 0.05) is 29.2 Å². The molecule has 1 saturated heterocycles. The third-order valence-electron chi connectivity index (χ3n) is 6.69. The monoisotopic (exact) mass is 722 g/mol. The lowest BCUT2D eigenvalue weighted by Crippen LogP contribution is -2.74. The van der Waals surface area contributed by atoms with Crippen LogP contribution in [0.5, 0.6) is 5.75 Å². The van der Waals surface area contributed by atoms with Crippen LogP contribution in [0.2, 0.25) is 0 Å². The maximum atomic E-state index is 13.2. The average Bonchev–Trinajstić information content (AvgIpc) is 3.44. The number of oxime groups is 1. The minimum Gasteiger partial charge on any atom is -0.503 e. The Bertz CT molecular complexity index is 2040. The SMILES string of the molecule is CC(C)(ON=C(C(=O)N[C@@H]1C(=O)N(S(=O)(=O)O)[C@@H]1CNC(=O)c1ccc(NC(=O)c2cc(=O)c(O)cn2O)cc1)c1csc(N)n1)C(=O)O. The van der Waals surface area contributed by atoms with E-state index >= 15 is 0 Å². The molecule has 0 saturated carbocycles. The minimum absolute atomic E-state index is 0.00486. The number of carboxylic acid groups (broad SMARTS) is 1. The largest absolute Gasteiger partial charge is 0.503 e. The number of pyridine rings is 1. The Balaban J connectivity index is 1.47. The predicted molar refractivity (Wildman–Crippen MR) is 166 cm³/mol. The Labute approximate surface area is 278 Å². The minimum atomic E-state index is -5.16. The number of carbonyl (C=O) groups is 5. The molecule has 1 fully saturated rings. The first kappa shape index (κ1) is 35.8. The lowest BCUT2D eigenvalue weighted by atomic mass is 9.98. The van der Waals surface area contributed by atoms with E-state index in [1.54, 1.807) is 0 Å². The van der Waals surface area contributed by atoms with Crippen LogP contribution in [0.4, 0.5) is 10.8 Å². The van der Waals surface area contributed by atoms with Crippen molar-refractivity contribution in [1.29, 1.82) is 0 Å². The van der Waals surface area contributed by atoms with Crippen LogP contribution >= 0.6 is 11.3 Å². The van der Waals surface area contributed by atoms with Gasteiger partial charge in [0.15, 0.2) is 16.6 Å². The van der Waals surface area contributed by atoms with Gasteiger partial charge in [0.25, 0.3) is 23.6 Å². The lowest BCUT2D eigenvalue weighted by molar-refractivity contribution is -0.161. The van der Waals surface area contributed by atoms with E-state index in [4.69, 9.17) is 10.6 Å². The molecule has 4 rings (SSSR count). The van der Waals surface area contributed by atoms with Gasteiger partial charge in [-0.25, -0.2) is 14.1 Å². The molecule has 4 amide bonds. The number of benzene rings is 1. The molecule has 1 aromatic carbocycles. The molecule has 1 aliphatic heterocycles. The summed E-state index contributed by atoms with van der Waals surface area (Å²) in [4.78, 5) is 83.2. The first-order valence-electron chi connectivity index (χ1n) is 13.5. The summed E-state index contributed by atoms with van der Waals surface area (Å²) in [5, 5.41) is 40.2. The Morgan fingerprint density at radius 3 is 2.37 bits per heavy atom. The van der Waals surface area contributed by atoms with Crippen molar-refractivity contribution >= 4 is 67.8 Å². The van der Waals surface area contributed by atoms with Crippen LogP contribution in [0.25, 0.3) is 0 Å². The number of aromatic nitrogens is 2. The highest BCUT2D eigenvalue weighted by atomic mass is 32.2. The number of nitrogens with two attached hydrogens (primary N) is 1. The molecule has 1 aliphatic rings. The van der Waals surface area contributed by atoms with Gasteiger partial charge in [-0.3, -0.25) is 28.5 Å². The Morgan fingerprint density at radius 2 is 1.80 bits per heavy atom. The number of aromatic hydroxyl groups is 1. The van der Waals surface area contributed by atoms with E-state index in [0.717, 1.165) is 25.2 Å². The molecule has 9 N–H and O–H groups in total. The summed E-state index contributed by atoms with van der Waals surface area (Å²) < 4.78 is 33.7. The van der Waals surface area contributed by atoms with E-state index < -0.39 is 86.7 Å². The molecule has 0 radical (unpaired) electrons. The van der Waals surface area contributed by atoms with Gasteiger partial charge in [-0.05, 0) is 38.1 Å². The highest BCUT2D eigenvalue weighted by Gasteiger charge is 2.54. The summed E-state index contributed by atoms with van der Waals surface area (Å²) in [7, 11) is -5.16. The first-order valence-corrected chi connectivity index (χ1v) is 15.7. The highest BCUT2D eigenvalue weighted by Crippen LogP contribution is 2.24. The molecule has 2 atom stereocenters. The molecular formula is C26H26N8O13S2. The molecule has 3 aromatic rings. The molecule has 0 unspecified atom stereocenters. The maximum Gasteiger partial charge on any atom is 0.362 e. The van der Waals surface area contributed by atoms with Gasteiger partial charge >= 0.3 is 16.3 Å². The summed E-state index contributed by atoms with van der Waals surface area (Å²) >= 11 is 0.894. The van der Waals surface area contributed by atoms with Gasteiger partial charge in [0.2, 0.25) is 11.0 Å². The number of carbonyl (C=O) groups excluding carboxylic acids is 4. The summed E-state index contributed by atoms with van der Waals surface area (Å²) in [5.74, 6) is -6.42. The lowest BCUT2D eigenvalue weighted by Gasteiger charge is -2.44. The number of hydrogen-bond acceptors (Lipinski definition) is 15. The van der Waals surface area contributed by atoms with E-state index in [1.807, 2.05) is 0 Å². The van der Waals surface area contributed by atoms with Gasteiger partial charge in [0.05, 0.1) is 12.2 Å². The van der Waals surface area contributed by atoms with Gasteiger partial charge in [-0.15, -0.1) is 11.3 Å². The third kappa shape index (κ3) is 7.91. The zero-order valence-electron chi connectivity index (χ0n) is 25.0. The fourth-order valence-electron chi connectivity index (χ4n) is 4.05. The van der Waals surface area contributed by atoms with Gasteiger partial charge < -0.3 is 41.9 Å². The summed E-state index contributed by atoms with van der Waals surface area (Å²) in [5.41, 5.74) is 1.59. The predicted octanol–water partition coefficient (Wildman–Crippen LogP) is -1.41. The fourth-order valence-corrected chi connectivity index (χ4v) is 5.48. The number of rotatable bonds is 12. The van der Waals surface area contributed by atoms with Crippen LogP contribution in [0.15, 0.2) is 51.9 Å². The maximum absolute atomic E-state index is 13.2. The van der Waals surface area contributed by atoms with E-state index in [9.17, 15) is 57.2 Å². The topological polar surface area (TPSA) is 322 Å². The smallest absolute Gasteiger partial charge is 0.362 e. The molecule has 0 aliphatic carbocycles. The normalized spacial score (nSPS) is 16.3. The van der Waals surface area contributed by atoms with Crippen LogP contribution in [0.1, 0.15) is 40.4 Å². The van der Waals surface area contributed by atoms with Crippen molar-refractivity contribution in [3.05, 3.63) is 69.1 Å².